The van der Waals surface area contributed by atoms with Gasteiger partial charge in [-0.2, -0.15) is 0 Å². The number of rotatable bonds is 6. The van der Waals surface area contributed by atoms with E-state index in [4.69, 9.17) is 9.15 Å². The average molecular weight is 244 g/mol. The van der Waals surface area contributed by atoms with Gasteiger partial charge in [0.25, 0.3) is 0 Å². The first-order valence-electron chi connectivity index (χ1n) is 6.08. The average Bonchev–Trinajstić information content (AvgIpc) is 2.90. The minimum Gasteiger partial charge on any atom is -0.494 e. The zero-order valence-corrected chi connectivity index (χ0v) is 10.4. The predicted octanol–water partition coefficient (Wildman–Crippen LogP) is 3.49. The molecule has 0 aliphatic heterocycles. The molecule has 1 aromatic heterocycles. The number of hydrogen-bond donors (Lipinski definition) is 0. The van der Waals surface area contributed by atoms with Crippen molar-refractivity contribution in [1.82, 2.24) is 0 Å². The third-order valence-corrected chi connectivity index (χ3v) is 2.65. The lowest BCUT2D eigenvalue weighted by Gasteiger charge is -2.05. The van der Waals surface area contributed by atoms with Gasteiger partial charge in [-0.05, 0) is 31.2 Å². The van der Waals surface area contributed by atoms with Crippen LogP contribution in [0, 0.1) is 0 Å². The van der Waals surface area contributed by atoms with Gasteiger partial charge in [0.1, 0.15) is 11.5 Å². The third-order valence-electron chi connectivity index (χ3n) is 2.65. The van der Waals surface area contributed by atoms with Crippen LogP contribution in [0.25, 0.3) is 0 Å². The van der Waals surface area contributed by atoms with Crippen LogP contribution in [0.3, 0.4) is 0 Å². The topological polar surface area (TPSA) is 39.4 Å². The monoisotopic (exact) mass is 244 g/mol. The van der Waals surface area contributed by atoms with Gasteiger partial charge >= 0.3 is 0 Å². The van der Waals surface area contributed by atoms with Crippen molar-refractivity contribution in [2.24, 2.45) is 0 Å². The van der Waals surface area contributed by atoms with E-state index < -0.39 is 0 Å². The van der Waals surface area contributed by atoms with Crippen LogP contribution in [0.15, 0.2) is 47.1 Å². The molecule has 0 aliphatic carbocycles. The first-order valence-corrected chi connectivity index (χ1v) is 6.08. The third kappa shape index (κ3) is 3.23. The summed E-state index contributed by atoms with van der Waals surface area (Å²) in [6.45, 7) is 2.52. The van der Waals surface area contributed by atoms with E-state index in [0.29, 0.717) is 25.0 Å². The van der Waals surface area contributed by atoms with Gasteiger partial charge in [-0.15, -0.1) is 0 Å². The van der Waals surface area contributed by atoms with Gasteiger partial charge in [0, 0.05) is 18.4 Å². The van der Waals surface area contributed by atoms with Crippen LogP contribution >= 0.6 is 0 Å². The van der Waals surface area contributed by atoms with E-state index in [1.54, 1.807) is 12.3 Å². The minimum absolute atomic E-state index is 0.105. The van der Waals surface area contributed by atoms with Gasteiger partial charge in [-0.1, -0.05) is 12.1 Å². The molecular weight excluding hydrogens is 228 g/mol. The van der Waals surface area contributed by atoms with Crippen LogP contribution in [0.2, 0.25) is 0 Å². The second-order valence-electron chi connectivity index (χ2n) is 3.96. The molecule has 1 aromatic carbocycles. The largest absolute Gasteiger partial charge is 0.494 e. The van der Waals surface area contributed by atoms with Gasteiger partial charge in [-0.25, -0.2) is 0 Å². The summed E-state index contributed by atoms with van der Waals surface area (Å²) in [5.41, 5.74) is 0.688. The number of carbonyl (C=O) groups is 1. The molecule has 94 valence electrons. The highest BCUT2D eigenvalue weighted by molar-refractivity contribution is 5.96. The van der Waals surface area contributed by atoms with Gasteiger partial charge < -0.3 is 9.15 Å². The second kappa shape index (κ2) is 6.05. The zero-order valence-electron chi connectivity index (χ0n) is 10.4. The summed E-state index contributed by atoms with van der Waals surface area (Å²) in [7, 11) is 0. The van der Waals surface area contributed by atoms with Crippen molar-refractivity contribution >= 4 is 5.78 Å². The molecule has 3 nitrogen and oxygen atoms in total. The Morgan fingerprint density at radius 2 is 2.17 bits per heavy atom. The van der Waals surface area contributed by atoms with E-state index in [0.717, 1.165) is 11.5 Å². The van der Waals surface area contributed by atoms with Crippen molar-refractivity contribution in [3.8, 4) is 5.75 Å². The molecule has 0 fully saturated rings. The Kier molecular flexibility index (Phi) is 4.18. The molecule has 0 radical (unpaired) electrons. The molecule has 0 spiro atoms. The number of aryl methyl sites for hydroxylation is 1. The lowest BCUT2D eigenvalue weighted by molar-refractivity contribution is 0.0980. The van der Waals surface area contributed by atoms with Gasteiger partial charge in [-0.3, -0.25) is 4.79 Å². The Morgan fingerprint density at radius 1 is 1.28 bits per heavy atom. The van der Waals surface area contributed by atoms with Gasteiger partial charge in [0.2, 0.25) is 0 Å². The van der Waals surface area contributed by atoms with Crippen molar-refractivity contribution < 1.29 is 13.9 Å². The van der Waals surface area contributed by atoms with Crippen LogP contribution in [-0.2, 0) is 6.42 Å². The van der Waals surface area contributed by atoms with Gasteiger partial charge in [0.05, 0.1) is 12.9 Å². The highest BCUT2D eigenvalue weighted by atomic mass is 16.5. The van der Waals surface area contributed by atoms with Crippen LogP contribution in [0.4, 0.5) is 0 Å². The summed E-state index contributed by atoms with van der Waals surface area (Å²) in [4.78, 5) is 12.0. The van der Waals surface area contributed by atoms with E-state index in [2.05, 4.69) is 0 Å². The highest BCUT2D eigenvalue weighted by Gasteiger charge is 2.08. The molecule has 0 N–H and O–H groups in total. The van der Waals surface area contributed by atoms with Crippen molar-refractivity contribution in [3.63, 3.8) is 0 Å². The fourth-order valence-electron chi connectivity index (χ4n) is 1.76. The fourth-order valence-corrected chi connectivity index (χ4v) is 1.76. The predicted molar refractivity (Wildman–Crippen MR) is 69.0 cm³/mol. The van der Waals surface area contributed by atoms with Crippen molar-refractivity contribution in [2.45, 2.75) is 19.8 Å². The number of carbonyl (C=O) groups excluding carboxylic acids is 1. The Labute approximate surface area is 106 Å². The summed E-state index contributed by atoms with van der Waals surface area (Å²) < 4.78 is 10.6. The Morgan fingerprint density at radius 3 is 2.89 bits per heavy atom. The van der Waals surface area contributed by atoms with Crippen LogP contribution < -0.4 is 4.74 Å². The van der Waals surface area contributed by atoms with Gasteiger partial charge in [0.15, 0.2) is 5.78 Å². The maximum absolute atomic E-state index is 12.0. The molecule has 3 heteroatoms. The summed E-state index contributed by atoms with van der Waals surface area (Å²) in [5, 5.41) is 0. The Balaban J connectivity index is 1.97. The minimum atomic E-state index is 0.105. The molecule has 0 saturated heterocycles. The summed E-state index contributed by atoms with van der Waals surface area (Å²) in [6, 6.07) is 11.0. The number of hydrogen-bond acceptors (Lipinski definition) is 3. The summed E-state index contributed by atoms with van der Waals surface area (Å²) in [6.07, 6.45) is 2.70. The van der Waals surface area contributed by atoms with E-state index in [9.17, 15) is 4.79 Å². The first-order chi connectivity index (χ1) is 8.79. The van der Waals surface area contributed by atoms with Crippen LogP contribution in [-0.4, -0.2) is 12.4 Å². The van der Waals surface area contributed by atoms with Crippen molar-refractivity contribution in [1.29, 1.82) is 0 Å². The molecule has 2 rings (SSSR count). The number of ketones is 1. The molecule has 0 unspecified atom stereocenters. The molecule has 0 amide bonds. The quantitative estimate of drug-likeness (QED) is 0.730. The number of furan rings is 1. The van der Waals surface area contributed by atoms with E-state index in [1.165, 1.54) is 0 Å². The maximum atomic E-state index is 12.0. The lowest BCUT2D eigenvalue weighted by atomic mass is 10.1. The fraction of sp³-hybridized carbons (Fsp3) is 0.267. The van der Waals surface area contributed by atoms with Crippen molar-refractivity contribution in [3.05, 3.63) is 54.0 Å². The lowest BCUT2D eigenvalue weighted by Crippen LogP contribution is -2.01. The van der Waals surface area contributed by atoms with E-state index in [1.807, 2.05) is 37.3 Å². The second-order valence-corrected chi connectivity index (χ2v) is 3.96. The van der Waals surface area contributed by atoms with E-state index in [-0.39, 0.29) is 5.78 Å². The number of Topliss-reactive ketones (excluding diaryl/α,β-unsaturated/α-hetero) is 1. The molecule has 2 aromatic rings. The molecular formula is C15H16O3. The van der Waals surface area contributed by atoms with Crippen LogP contribution in [0.1, 0.15) is 29.5 Å². The first kappa shape index (κ1) is 12.4. The standard InChI is InChI=1S/C15H16O3/c1-2-17-14-6-3-5-12(11-14)15(16)9-8-13-7-4-10-18-13/h3-7,10-11H,2,8-9H2,1H3. The summed E-state index contributed by atoms with van der Waals surface area (Å²) >= 11 is 0. The zero-order chi connectivity index (χ0) is 12.8. The maximum Gasteiger partial charge on any atom is 0.163 e. The SMILES string of the molecule is CCOc1cccc(C(=O)CCc2ccco2)c1. The summed E-state index contributed by atoms with van der Waals surface area (Å²) in [5.74, 6) is 1.68. The molecule has 0 atom stereocenters. The highest BCUT2D eigenvalue weighted by Crippen LogP contribution is 2.15. The molecule has 0 bridgehead atoms. The molecule has 0 aliphatic rings. The Bertz CT molecular complexity index is 500. The normalized spacial score (nSPS) is 10.3. The Hall–Kier alpha value is -2.03. The molecule has 18 heavy (non-hydrogen) atoms. The van der Waals surface area contributed by atoms with Crippen molar-refractivity contribution in [2.75, 3.05) is 6.61 Å². The number of ether oxygens (including phenoxy) is 1. The van der Waals surface area contributed by atoms with Crippen LogP contribution in [0.5, 0.6) is 5.75 Å². The molecule has 0 saturated carbocycles. The number of benzene rings is 1. The molecule has 1 heterocycles. The smallest absolute Gasteiger partial charge is 0.163 e. The van der Waals surface area contributed by atoms with E-state index >= 15 is 0 Å².